The summed E-state index contributed by atoms with van der Waals surface area (Å²) in [6.07, 6.45) is 2.61. The Morgan fingerprint density at radius 2 is 2.24 bits per heavy atom. The van der Waals surface area contributed by atoms with Gasteiger partial charge in [-0.15, -0.1) is 11.3 Å². The minimum Gasteiger partial charge on any atom is -0.398 e. The van der Waals surface area contributed by atoms with Crippen molar-refractivity contribution < 1.29 is 9.32 Å². The Bertz CT molecular complexity index is 888. The maximum Gasteiger partial charge on any atom is 0.227 e. The number of carbonyl (C=O) groups is 1. The average Bonchev–Trinajstić information content (AvgIpc) is 3.31. The molecule has 2 N–H and O–H groups in total. The Kier molecular flexibility index (Phi) is 4.23. The molecule has 3 aromatic rings. The van der Waals surface area contributed by atoms with Crippen molar-refractivity contribution in [3.8, 4) is 10.7 Å². The molecule has 7 heteroatoms. The Balaban J connectivity index is 1.44. The third-order valence-corrected chi connectivity index (χ3v) is 5.22. The number of hydrogen-bond donors (Lipinski definition) is 1. The van der Waals surface area contributed by atoms with Crippen LogP contribution in [0.25, 0.3) is 10.7 Å². The highest BCUT2D eigenvalue weighted by Crippen LogP contribution is 2.31. The maximum absolute atomic E-state index is 12.7. The molecule has 128 valence electrons. The van der Waals surface area contributed by atoms with Crippen molar-refractivity contribution in [2.45, 2.75) is 25.7 Å². The van der Waals surface area contributed by atoms with E-state index < -0.39 is 0 Å². The molecule has 0 spiro atoms. The van der Waals surface area contributed by atoms with Crippen molar-refractivity contribution in [1.29, 1.82) is 0 Å². The van der Waals surface area contributed by atoms with Gasteiger partial charge in [-0.1, -0.05) is 17.3 Å². The smallest absolute Gasteiger partial charge is 0.227 e. The number of nitrogens with two attached hydrogens (primary N) is 1. The summed E-state index contributed by atoms with van der Waals surface area (Å²) in [6.45, 7) is 0.722. The minimum atomic E-state index is 0.0578. The molecule has 0 atom stereocenters. The number of fused-ring (bicyclic) bond motifs is 1. The highest BCUT2D eigenvalue weighted by molar-refractivity contribution is 7.13. The largest absolute Gasteiger partial charge is 0.398 e. The molecule has 0 saturated carbocycles. The van der Waals surface area contributed by atoms with Crippen LogP contribution in [0, 0.1) is 0 Å². The maximum atomic E-state index is 12.7. The van der Waals surface area contributed by atoms with Crippen LogP contribution in [-0.2, 0) is 17.6 Å². The molecule has 0 unspecified atom stereocenters. The monoisotopic (exact) mass is 354 g/mol. The molecule has 4 rings (SSSR count). The first-order valence-electron chi connectivity index (χ1n) is 8.26. The lowest BCUT2D eigenvalue weighted by Gasteiger charge is -2.30. The summed E-state index contributed by atoms with van der Waals surface area (Å²) in [5.74, 6) is 1.12. The van der Waals surface area contributed by atoms with Gasteiger partial charge in [0, 0.05) is 30.8 Å². The molecular weight excluding hydrogens is 336 g/mol. The highest BCUT2D eigenvalue weighted by atomic mass is 32.1. The number of rotatable bonds is 4. The van der Waals surface area contributed by atoms with Crippen LogP contribution in [-0.4, -0.2) is 22.6 Å². The van der Waals surface area contributed by atoms with Crippen LogP contribution >= 0.6 is 11.3 Å². The number of benzene rings is 1. The van der Waals surface area contributed by atoms with E-state index in [4.69, 9.17) is 10.3 Å². The molecule has 0 saturated heterocycles. The van der Waals surface area contributed by atoms with Crippen LogP contribution in [0.15, 0.2) is 40.2 Å². The van der Waals surface area contributed by atoms with Crippen molar-refractivity contribution >= 4 is 28.6 Å². The third-order valence-electron chi connectivity index (χ3n) is 4.35. The van der Waals surface area contributed by atoms with Gasteiger partial charge in [0.1, 0.15) is 0 Å². The molecule has 6 nitrogen and oxygen atoms in total. The van der Waals surface area contributed by atoms with Gasteiger partial charge < -0.3 is 15.2 Å². The van der Waals surface area contributed by atoms with Gasteiger partial charge in [0.15, 0.2) is 0 Å². The summed E-state index contributed by atoms with van der Waals surface area (Å²) < 4.78 is 5.27. The zero-order valence-corrected chi connectivity index (χ0v) is 14.5. The number of nitrogen functional groups attached to an aromatic ring is 1. The first-order chi connectivity index (χ1) is 12.2. The number of aryl methyl sites for hydroxylation is 1. The molecule has 1 aliphatic heterocycles. The lowest BCUT2D eigenvalue weighted by molar-refractivity contribution is -0.118. The highest BCUT2D eigenvalue weighted by Gasteiger charge is 2.24. The predicted octanol–water partition coefficient (Wildman–Crippen LogP) is 3.29. The number of thiophene rings is 1. The molecule has 25 heavy (non-hydrogen) atoms. The Morgan fingerprint density at radius 3 is 3.08 bits per heavy atom. The summed E-state index contributed by atoms with van der Waals surface area (Å²) >= 11 is 1.56. The fourth-order valence-corrected chi connectivity index (χ4v) is 3.77. The third kappa shape index (κ3) is 3.15. The quantitative estimate of drug-likeness (QED) is 0.727. The van der Waals surface area contributed by atoms with Crippen LogP contribution in [0.3, 0.4) is 0 Å². The van der Waals surface area contributed by atoms with Gasteiger partial charge in [0.2, 0.25) is 17.6 Å². The Labute approximate surface area is 149 Å². The minimum absolute atomic E-state index is 0.0578. The van der Waals surface area contributed by atoms with Crippen molar-refractivity contribution in [3.05, 3.63) is 47.2 Å². The second-order valence-corrected chi connectivity index (χ2v) is 6.93. The van der Waals surface area contributed by atoms with Crippen LogP contribution < -0.4 is 10.6 Å². The van der Waals surface area contributed by atoms with Gasteiger partial charge in [-0.2, -0.15) is 4.98 Å². The average molecular weight is 354 g/mol. The Morgan fingerprint density at radius 1 is 1.32 bits per heavy atom. The lowest BCUT2D eigenvalue weighted by Crippen LogP contribution is -2.35. The topological polar surface area (TPSA) is 85.2 Å². The number of hydrogen-bond acceptors (Lipinski definition) is 6. The van der Waals surface area contributed by atoms with E-state index in [1.165, 1.54) is 0 Å². The second kappa shape index (κ2) is 6.68. The summed E-state index contributed by atoms with van der Waals surface area (Å²) in [4.78, 5) is 19.8. The fourth-order valence-electron chi connectivity index (χ4n) is 3.12. The van der Waals surface area contributed by atoms with Crippen molar-refractivity contribution in [2.75, 3.05) is 17.2 Å². The lowest BCUT2D eigenvalue weighted by atomic mass is 9.99. The summed E-state index contributed by atoms with van der Waals surface area (Å²) in [6, 6.07) is 9.63. The number of nitrogens with zero attached hydrogens (tertiary/aromatic N) is 3. The molecule has 0 bridgehead atoms. The van der Waals surface area contributed by atoms with Crippen molar-refractivity contribution in [2.24, 2.45) is 0 Å². The van der Waals surface area contributed by atoms with Gasteiger partial charge >= 0.3 is 0 Å². The van der Waals surface area contributed by atoms with Gasteiger partial charge in [0.05, 0.1) is 4.88 Å². The van der Waals surface area contributed by atoms with Crippen LogP contribution in [0.5, 0.6) is 0 Å². The number of carbonyl (C=O) groups excluding carboxylic acids is 1. The van der Waals surface area contributed by atoms with Crippen molar-refractivity contribution in [1.82, 2.24) is 10.1 Å². The standard InChI is InChI=1S/C18H18N4O2S/c19-13-5-1-6-14-12(13)4-2-10-22(14)17(23)9-8-16-20-18(21-24-16)15-7-3-11-25-15/h1,3,5-7,11H,2,4,8-10,19H2. The molecule has 1 amide bonds. The van der Waals surface area contributed by atoms with Gasteiger partial charge in [0.25, 0.3) is 0 Å². The van der Waals surface area contributed by atoms with E-state index >= 15 is 0 Å². The van der Waals surface area contributed by atoms with Crippen LogP contribution in [0.2, 0.25) is 0 Å². The van der Waals surface area contributed by atoms with Gasteiger partial charge in [-0.05, 0) is 42.0 Å². The van der Waals surface area contributed by atoms with E-state index in [1.54, 1.807) is 11.3 Å². The molecule has 0 fully saturated rings. The molecule has 0 aliphatic carbocycles. The van der Waals surface area contributed by atoms with E-state index in [9.17, 15) is 4.79 Å². The number of amides is 1. The van der Waals surface area contributed by atoms with Crippen molar-refractivity contribution in [3.63, 3.8) is 0 Å². The molecule has 2 aromatic heterocycles. The molecule has 3 heterocycles. The Hall–Kier alpha value is -2.67. The first-order valence-corrected chi connectivity index (χ1v) is 9.14. The van der Waals surface area contributed by atoms with Gasteiger partial charge in [-0.3, -0.25) is 4.79 Å². The van der Waals surface area contributed by atoms with Crippen LogP contribution in [0.4, 0.5) is 11.4 Å². The molecule has 0 radical (unpaired) electrons. The van der Waals surface area contributed by atoms with E-state index in [0.717, 1.165) is 41.2 Å². The summed E-state index contributed by atoms with van der Waals surface area (Å²) in [7, 11) is 0. The zero-order chi connectivity index (χ0) is 17.2. The number of anilines is 2. The second-order valence-electron chi connectivity index (χ2n) is 5.98. The fraction of sp³-hybridized carbons (Fsp3) is 0.278. The van der Waals surface area contributed by atoms with Gasteiger partial charge in [-0.25, -0.2) is 0 Å². The predicted molar refractivity (Wildman–Crippen MR) is 97.5 cm³/mol. The van der Waals surface area contributed by atoms with E-state index in [0.29, 0.717) is 24.6 Å². The molecule has 1 aliphatic rings. The normalized spacial score (nSPS) is 13.7. The zero-order valence-electron chi connectivity index (χ0n) is 13.6. The molecular formula is C18H18N4O2S. The molecule has 1 aromatic carbocycles. The van der Waals surface area contributed by atoms with Crippen LogP contribution in [0.1, 0.15) is 24.3 Å². The summed E-state index contributed by atoms with van der Waals surface area (Å²) in [5, 5.41) is 5.95. The first kappa shape index (κ1) is 15.8. The SMILES string of the molecule is Nc1cccc2c1CCCN2C(=O)CCc1nc(-c2cccs2)no1. The van der Waals surface area contributed by atoms with E-state index in [1.807, 2.05) is 40.6 Å². The summed E-state index contributed by atoms with van der Waals surface area (Å²) in [5.41, 5.74) is 8.81. The number of aromatic nitrogens is 2. The van der Waals surface area contributed by atoms with E-state index in [-0.39, 0.29) is 5.91 Å². The van der Waals surface area contributed by atoms with E-state index in [2.05, 4.69) is 10.1 Å².